The highest BCUT2D eigenvalue weighted by molar-refractivity contribution is 5.95. The molecule has 2 amide bonds. The van der Waals surface area contributed by atoms with Crippen molar-refractivity contribution in [1.82, 2.24) is 15.2 Å². The Morgan fingerprint density at radius 3 is 2.72 bits per heavy atom. The molecule has 1 N–H and O–H groups in total. The summed E-state index contributed by atoms with van der Waals surface area (Å²) >= 11 is 0. The van der Waals surface area contributed by atoms with Gasteiger partial charge >= 0.3 is 0 Å². The predicted octanol–water partition coefficient (Wildman–Crippen LogP) is 3.41. The Balaban J connectivity index is 1.56. The van der Waals surface area contributed by atoms with Crippen LogP contribution in [0.15, 0.2) is 36.7 Å². The summed E-state index contributed by atoms with van der Waals surface area (Å²) in [4.78, 5) is 30.6. The topological polar surface area (TPSA) is 71.5 Å². The monoisotopic (exact) mass is 395 g/mol. The molecule has 0 aliphatic carbocycles. The molecule has 0 saturated carbocycles. The number of ether oxygens (including phenoxy) is 1. The van der Waals surface area contributed by atoms with Crippen molar-refractivity contribution >= 4 is 11.8 Å². The summed E-state index contributed by atoms with van der Waals surface area (Å²) in [5, 5.41) is 2.94. The predicted molar refractivity (Wildman–Crippen MR) is 112 cm³/mol. The van der Waals surface area contributed by atoms with Crippen LogP contribution >= 0.6 is 0 Å². The Labute approximate surface area is 172 Å². The van der Waals surface area contributed by atoms with Gasteiger partial charge in [0.15, 0.2) is 0 Å². The van der Waals surface area contributed by atoms with Gasteiger partial charge in [0.1, 0.15) is 12.4 Å². The van der Waals surface area contributed by atoms with Gasteiger partial charge in [0.2, 0.25) is 5.91 Å². The van der Waals surface area contributed by atoms with Crippen LogP contribution in [0.1, 0.15) is 52.7 Å². The van der Waals surface area contributed by atoms with Gasteiger partial charge in [-0.2, -0.15) is 0 Å². The molecule has 2 heterocycles. The van der Waals surface area contributed by atoms with Crippen LogP contribution in [0.4, 0.5) is 0 Å². The minimum Gasteiger partial charge on any atom is -0.488 e. The lowest BCUT2D eigenvalue weighted by Crippen LogP contribution is -2.38. The molecule has 1 aromatic carbocycles. The van der Waals surface area contributed by atoms with Crippen LogP contribution in [0.25, 0.3) is 0 Å². The van der Waals surface area contributed by atoms with Gasteiger partial charge in [-0.15, -0.1) is 0 Å². The van der Waals surface area contributed by atoms with Crippen LogP contribution in [0.2, 0.25) is 0 Å². The first kappa shape index (κ1) is 20.8. The first-order valence-corrected chi connectivity index (χ1v) is 10.2. The van der Waals surface area contributed by atoms with Crippen LogP contribution in [0.3, 0.4) is 0 Å². The summed E-state index contributed by atoms with van der Waals surface area (Å²) in [5.41, 5.74) is 3.44. The van der Waals surface area contributed by atoms with Crippen LogP contribution < -0.4 is 10.1 Å². The van der Waals surface area contributed by atoms with Crippen molar-refractivity contribution in [2.24, 2.45) is 0 Å². The van der Waals surface area contributed by atoms with Crippen molar-refractivity contribution in [1.29, 1.82) is 0 Å². The van der Waals surface area contributed by atoms with Crippen molar-refractivity contribution in [3.8, 4) is 5.75 Å². The standard InChI is InChI=1S/C23H29N3O3/c1-17-13-20(14-18(2)22(17)29-16-19-7-6-9-24-15-19)23(28)25-10-12-26-11-5-3-4-8-21(26)27/h6-7,9,13-15H,3-5,8,10-12,16H2,1-2H3,(H,25,28). The van der Waals surface area contributed by atoms with E-state index in [0.29, 0.717) is 31.7 Å². The molecule has 1 aliphatic rings. The summed E-state index contributed by atoms with van der Waals surface area (Å²) < 4.78 is 5.96. The van der Waals surface area contributed by atoms with E-state index in [9.17, 15) is 9.59 Å². The van der Waals surface area contributed by atoms with Gasteiger partial charge in [-0.3, -0.25) is 14.6 Å². The second-order valence-electron chi connectivity index (χ2n) is 7.54. The molecule has 1 aliphatic heterocycles. The number of nitrogens with zero attached hydrogens (tertiary/aromatic N) is 2. The molecule has 154 valence electrons. The van der Waals surface area contributed by atoms with Gasteiger partial charge in [-0.25, -0.2) is 0 Å². The zero-order valence-corrected chi connectivity index (χ0v) is 17.2. The minimum absolute atomic E-state index is 0.128. The molecule has 6 heteroatoms. The van der Waals surface area contributed by atoms with Crippen molar-refractivity contribution in [2.75, 3.05) is 19.6 Å². The fourth-order valence-corrected chi connectivity index (χ4v) is 3.63. The van der Waals surface area contributed by atoms with Gasteiger partial charge in [-0.05, 0) is 56.0 Å². The number of carbonyl (C=O) groups excluding carboxylic acids is 2. The van der Waals surface area contributed by atoms with Gasteiger partial charge in [-0.1, -0.05) is 12.5 Å². The fraction of sp³-hybridized carbons (Fsp3) is 0.435. The lowest BCUT2D eigenvalue weighted by molar-refractivity contribution is -0.130. The molecule has 0 unspecified atom stereocenters. The molecule has 0 radical (unpaired) electrons. The highest BCUT2D eigenvalue weighted by Crippen LogP contribution is 2.25. The van der Waals surface area contributed by atoms with E-state index in [0.717, 1.165) is 48.2 Å². The van der Waals surface area contributed by atoms with Crippen LogP contribution in [-0.4, -0.2) is 41.3 Å². The van der Waals surface area contributed by atoms with E-state index in [4.69, 9.17) is 4.74 Å². The third-order valence-corrected chi connectivity index (χ3v) is 5.17. The first-order valence-electron chi connectivity index (χ1n) is 10.2. The van der Waals surface area contributed by atoms with Gasteiger partial charge in [0.25, 0.3) is 5.91 Å². The number of carbonyl (C=O) groups is 2. The summed E-state index contributed by atoms with van der Waals surface area (Å²) in [7, 11) is 0. The number of hydrogen-bond donors (Lipinski definition) is 1. The van der Waals surface area contributed by atoms with Gasteiger partial charge < -0.3 is 15.0 Å². The quantitative estimate of drug-likeness (QED) is 0.780. The van der Waals surface area contributed by atoms with Crippen LogP contribution in [-0.2, 0) is 11.4 Å². The van der Waals surface area contributed by atoms with Crippen molar-refractivity contribution in [2.45, 2.75) is 46.1 Å². The van der Waals surface area contributed by atoms with E-state index in [1.807, 2.05) is 43.0 Å². The van der Waals surface area contributed by atoms with E-state index in [2.05, 4.69) is 10.3 Å². The van der Waals surface area contributed by atoms with E-state index in [1.165, 1.54) is 0 Å². The van der Waals surface area contributed by atoms with Gasteiger partial charge in [0, 0.05) is 49.6 Å². The molecular weight excluding hydrogens is 366 g/mol. The third-order valence-electron chi connectivity index (χ3n) is 5.17. The average molecular weight is 396 g/mol. The molecule has 1 aromatic heterocycles. The number of aryl methyl sites for hydroxylation is 2. The molecule has 1 saturated heterocycles. The summed E-state index contributed by atoms with van der Waals surface area (Å²) in [5.74, 6) is 0.858. The number of hydrogen-bond acceptors (Lipinski definition) is 4. The van der Waals surface area contributed by atoms with Crippen molar-refractivity contribution in [3.63, 3.8) is 0 Å². The number of amides is 2. The van der Waals surface area contributed by atoms with E-state index < -0.39 is 0 Å². The molecule has 29 heavy (non-hydrogen) atoms. The summed E-state index contributed by atoms with van der Waals surface area (Å²) in [6.45, 7) is 6.13. The summed E-state index contributed by atoms with van der Waals surface area (Å²) in [6.07, 6.45) is 7.24. The lowest BCUT2D eigenvalue weighted by Gasteiger charge is -2.20. The zero-order chi connectivity index (χ0) is 20.6. The Hall–Kier alpha value is -2.89. The number of rotatable bonds is 7. The van der Waals surface area contributed by atoms with Gasteiger partial charge in [0.05, 0.1) is 0 Å². The molecule has 3 rings (SSSR count). The normalized spacial score (nSPS) is 14.4. The molecule has 2 aromatic rings. The maximum Gasteiger partial charge on any atom is 0.251 e. The smallest absolute Gasteiger partial charge is 0.251 e. The minimum atomic E-state index is -0.128. The SMILES string of the molecule is Cc1cc(C(=O)NCCN2CCCCCC2=O)cc(C)c1OCc1cccnc1. The van der Waals surface area contributed by atoms with Crippen LogP contribution in [0.5, 0.6) is 5.75 Å². The van der Waals surface area contributed by atoms with Crippen molar-refractivity contribution < 1.29 is 14.3 Å². The lowest BCUT2D eigenvalue weighted by atomic mass is 10.0. The molecule has 0 bridgehead atoms. The Morgan fingerprint density at radius 2 is 2.00 bits per heavy atom. The van der Waals surface area contributed by atoms with Crippen molar-refractivity contribution in [3.05, 3.63) is 58.9 Å². The largest absolute Gasteiger partial charge is 0.488 e. The number of nitrogens with one attached hydrogen (secondary N) is 1. The molecule has 0 spiro atoms. The number of likely N-dealkylation sites (tertiary alicyclic amines) is 1. The highest BCUT2D eigenvalue weighted by atomic mass is 16.5. The molecule has 0 atom stereocenters. The van der Waals surface area contributed by atoms with E-state index in [1.54, 1.807) is 12.4 Å². The number of benzene rings is 1. The third kappa shape index (κ3) is 5.79. The fourth-order valence-electron chi connectivity index (χ4n) is 3.63. The highest BCUT2D eigenvalue weighted by Gasteiger charge is 2.17. The second kappa shape index (κ2) is 10.0. The van der Waals surface area contributed by atoms with E-state index in [-0.39, 0.29) is 11.8 Å². The molecule has 1 fully saturated rings. The Bertz CT molecular complexity index is 829. The van der Waals surface area contributed by atoms with E-state index >= 15 is 0 Å². The average Bonchev–Trinajstić information content (AvgIpc) is 2.92. The number of pyridine rings is 1. The maximum absolute atomic E-state index is 12.6. The Morgan fingerprint density at radius 1 is 1.21 bits per heavy atom. The summed E-state index contributed by atoms with van der Waals surface area (Å²) in [6, 6.07) is 7.54. The zero-order valence-electron chi connectivity index (χ0n) is 17.2. The molecule has 6 nitrogen and oxygen atoms in total. The maximum atomic E-state index is 12.6. The number of aromatic nitrogens is 1. The van der Waals surface area contributed by atoms with Crippen LogP contribution in [0, 0.1) is 13.8 Å². The Kier molecular flexibility index (Phi) is 7.22. The molecular formula is C23H29N3O3. The second-order valence-corrected chi connectivity index (χ2v) is 7.54. The first-order chi connectivity index (χ1) is 14.0.